The lowest BCUT2D eigenvalue weighted by atomic mass is 10.1. The van der Waals surface area contributed by atoms with E-state index in [9.17, 15) is 9.59 Å². The van der Waals surface area contributed by atoms with Crippen LogP contribution in [0.1, 0.15) is 18.9 Å². The van der Waals surface area contributed by atoms with Crippen LogP contribution in [-0.4, -0.2) is 25.0 Å². The molecule has 1 aromatic carbocycles. The van der Waals surface area contributed by atoms with E-state index < -0.39 is 6.23 Å². The smallest absolute Gasteiger partial charge is 0.224 e. The van der Waals surface area contributed by atoms with Crippen LogP contribution in [0.2, 0.25) is 0 Å². The molecular formula is C13H18N2O3. The van der Waals surface area contributed by atoms with Crippen molar-refractivity contribution in [3.8, 4) is 5.75 Å². The molecule has 0 saturated heterocycles. The number of hydrogen-bond acceptors (Lipinski definition) is 4. The average molecular weight is 250 g/mol. The molecule has 0 aliphatic heterocycles. The summed E-state index contributed by atoms with van der Waals surface area (Å²) >= 11 is 0. The average Bonchev–Trinajstić information content (AvgIpc) is 2.30. The largest absolute Gasteiger partial charge is 0.475 e. The van der Waals surface area contributed by atoms with E-state index >= 15 is 0 Å². The molecule has 1 rings (SSSR count). The molecule has 1 amide bonds. The molecule has 18 heavy (non-hydrogen) atoms. The van der Waals surface area contributed by atoms with Gasteiger partial charge in [0, 0.05) is 13.5 Å². The van der Waals surface area contributed by atoms with Crippen LogP contribution in [-0.2, 0) is 16.0 Å². The second-order valence-corrected chi connectivity index (χ2v) is 4.06. The second-order valence-electron chi connectivity index (χ2n) is 4.06. The third-order valence-corrected chi connectivity index (χ3v) is 2.33. The number of ether oxygens (including phenoxy) is 1. The molecule has 5 heteroatoms. The van der Waals surface area contributed by atoms with Crippen LogP contribution in [0.15, 0.2) is 24.3 Å². The molecule has 1 unspecified atom stereocenters. The normalized spacial score (nSPS) is 11.7. The summed E-state index contributed by atoms with van der Waals surface area (Å²) in [5, 5.41) is 2.48. The molecule has 0 heterocycles. The number of nitrogens with two attached hydrogens (primary N) is 1. The summed E-state index contributed by atoms with van der Waals surface area (Å²) < 4.78 is 5.38. The van der Waals surface area contributed by atoms with Gasteiger partial charge in [0.2, 0.25) is 5.91 Å². The van der Waals surface area contributed by atoms with Gasteiger partial charge in [0.1, 0.15) is 11.5 Å². The van der Waals surface area contributed by atoms with E-state index in [1.807, 2.05) is 12.1 Å². The van der Waals surface area contributed by atoms with Crippen LogP contribution in [0, 0.1) is 0 Å². The number of benzene rings is 1. The van der Waals surface area contributed by atoms with Gasteiger partial charge in [-0.25, -0.2) is 0 Å². The zero-order valence-electron chi connectivity index (χ0n) is 10.6. The number of ketones is 1. The van der Waals surface area contributed by atoms with Crippen molar-refractivity contribution in [2.45, 2.75) is 26.0 Å². The summed E-state index contributed by atoms with van der Waals surface area (Å²) in [7, 11) is 1.55. The molecule has 5 nitrogen and oxygen atoms in total. The Hall–Kier alpha value is -1.88. The number of Topliss-reactive ketones (excluding diaryl/α,β-unsaturated/α-hetero) is 1. The Bertz CT molecular complexity index is 415. The molecule has 0 aliphatic carbocycles. The van der Waals surface area contributed by atoms with Crippen molar-refractivity contribution in [1.29, 1.82) is 0 Å². The zero-order valence-corrected chi connectivity index (χ0v) is 10.6. The maximum absolute atomic E-state index is 11.1. The van der Waals surface area contributed by atoms with E-state index in [1.165, 1.54) is 0 Å². The number of nitrogens with one attached hydrogen (secondary N) is 1. The SMILES string of the molecule is CNC(=O)CC(N)Oc1ccc(CC(C)=O)cc1. The fourth-order valence-corrected chi connectivity index (χ4v) is 1.47. The van der Waals surface area contributed by atoms with Gasteiger partial charge in [-0.1, -0.05) is 12.1 Å². The molecule has 0 radical (unpaired) electrons. The molecule has 0 bridgehead atoms. The zero-order chi connectivity index (χ0) is 13.5. The molecule has 0 aliphatic rings. The number of hydrogen-bond donors (Lipinski definition) is 2. The van der Waals surface area contributed by atoms with E-state index in [4.69, 9.17) is 10.5 Å². The van der Waals surface area contributed by atoms with Crippen molar-refractivity contribution in [2.24, 2.45) is 5.73 Å². The van der Waals surface area contributed by atoms with Crippen molar-refractivity contribution >= 4 is 11.7 Å². The molecule has 0 aromatic heterocycles. The van der Waals surface area contributed by atoms with E-state index in [1.54, 1.807) is 26.1 Å². The van der Waals surface area contributed by atoms with Gasteiger partial charge in [0.25, 0.3) is 0 Å². The Balaban J connectivity index is 2.52. The molecule has 0 saturated carbocycles. The molecule has 1 aromatic rings. The molecule has 98 valence electrons. The maximum atomic E-state index is 11.1. The summed E-state index contributed by atoms with van der Waals surface area (Å²) in [5.41, 5.74) is 6.59. The summed E-state index contributed by atoms with van der Waals surface area (Å²) in [6.45, 7) is 1.55. The summed E-state index contributed by atoms with van der Waals surface area (Å²) in [5.74, 6) is 0.523. The predicted molar refractivity (Wildman–Crippen MR) is 68.1 cm³/mol. The first-order chi connectivity index (χ1) is 8.51. The van der Waals surface area contributed by atoms with E-state index in [2.05, 4.69) is 5.32 Å². The monoisotopic (exact) mass is 250 g/mol. The Morgan fingerprint density at radius 1 is 1.33 bits per heavy atom. The van der Waals surface area contributed by atoms with Crippen LogP contribution >= 0.6 is 0 Å². The minimum absolute atomic E-state index is 0.103. The highest BCUT2D eigenvalue weighted by Crippen LogP contribution is 2.14. The minimum Gasteiger partial charge on any atom is -0.475 e. The maximum Gasteiger partial charge on any atom is 0.224 e. The number of carbonyl (C=O) groups excluding carboxylic acids is 2. The fraction of sp³-hybridized carbons (Fsp3) is 0.385. The van der Waals surface area contributed by atoms with Gasteiger partial charge < -0.3 is 10.1 Å². The lowest BCUT2D eigenvalue weighted by Gasteiger charge is -2.13. The highest BCUT2D eigenvalue weighted by molar-refractivity contribution is 5.78. The van der Waals surface area contributed by atoms with Crippen molar-refractivity contribution < 1.29 is 14.3 Å². The van der Waals surface area contributed by atoms with Crippen LogP contribution < -0.4 is 15.8 Å². The quantitative estimate of drug-likeness (QED) is 0.725. The van der Waals surface area contributed by atoms with E-state index in [0.717, 1.165) is 5.56 Å². The molecule has 0 spiro atoms. The van der Waals surface area contributed by atoms with Crippen LogP contribution in [0.3, 0.4) is 0 Å². The van der Waals surface area contributed by atoms with Crippen molar-refractivity contribution in [2.75, 3.05) is 7.05 Å². The highest BCUT2D eigenvalue weighted by Gasteiger charge is 2.09. The highest BCUT2D eigenvalue weighted by atomic mass is 16.5. The first kappa shape index (κ1) is 14.2. The summed E-state index contributed by atoms with van der Waals surface area (Å²) in [4.78, 5) is 22.0. The van der Waals surface area contributed by atoms with Crippen LogP contribution in [0.5, 0.6) is 5.75 Å². The van der Waals surface area contributed by atoms with Crippen LogP contribution in [0.4, 0.5) is 0 Å². The Labute approximate surface area is 106 Å². The first-order valence-electron chi connectivity index (χ1n) is 5.72. The van der Waals surface area contributed by atoms with Gasteiger partial charge in [-0.05, 0) is 24.6 Å². The fourth-order valence-electron chi connectivity index (χ4n) is 1.47. The molecule has 0 fully saturated rings. The van der Waals surface area contributed by atoms with Gasteiger partial charge in [0.05, 0.1) is 6.42 Å². The second kappa shape index (κ2) is 6.76. The predicted octanol–water partition coefficient (Wildman–Crippen LogP) is 0.618. The molecule has 1 atom stereocenters. The van der Waals surface area contributed by atoms with Gasteiger partial charge in [0.15, 0.2) is 6.23 Å². The van der Waals surface area contributed by atoms with Crippen molar-refractivity contribution in [1.82, 2.24) is 5.32 Å². The Kier molecular flexibility index (Phi) is 5.32. The molecular weight excluding hydrogens is 232 g/mol. The van der Waals surface area contributed by atoms with Crippen molar-refractivity contribution in [3.63, 3.8) is 0 Å². The van der Waals surface area contributed by atoms with Crippen LogP contribution in [0.25, 0.3) is 0 Å². The van der Waals surface area contributed by atoms with Crippen molar-refractivity contribution in [3.05, 3.63) is 29.8 Å². The summed E-state index contributed by atoms with van der Waals surface area (Å²) in [6.07, 6.45) is -0.167. The van der Waals surface area contributed by atoms with Gasteiger partial charge >= 0.3 is 0 Å². The van der Waals surface area contributed by atoms with Gasteiger partial charge in [-0.3, -0.25) is 15.3 Å². The Morgan fingerprint density at radius 3 is 2.44 bits per heavy atom. The Morgan fingerprint density at radius 2 is 1.94 bits per heavy atom. The topological polar surface area (TPSA) is 81.4 Å². The number of carbonyl (C=O) groups is 2. The van der Waals surface area contributed by atoms with Gasteiger partial charge in [-0.15, -0.1) is 0 Å². The molecule has 3 N–H and O–H groups in total. The van der Waals surface area contributed by atoms with E-state index in [0.29, 0.717) is 12.2 Å². The number of rotatable bonds is 6. The van der Waals surface area contributed by atoms with Gasteiger partial charge in [-0.2, -0.15) is 0 Å². The van der Waals surface area contributed by atoms with E-state index in [-0.39, 0.29) is 18.1 Å². The first-order valence-corrected chi connectivity index (χ1v) is 5.72. The minimum atomic E-state index is -0.677. The third-order valence-electron chi connectivity index (χ3n) is 2.33. The lowest BCUT2D eigenvalue weighted by molar-refractivity contribution is -0.122. The summed E-state index contributed by atoms with van der Waals surface area (Å²) in [6, 6.07) is 7.09. The number of amides is 1. The standard InChI is InChI=1S/C13H18N2O3/c1-9(16)7-10-3-5-11(6-4-10)18-12(14)8-13(17)15-2/h3-6,12H,7-8,14H2,1-2H3,(H,15,17). The third kappa shape index (κ3) is 4.97. The lowest BCUT2D eigenvalue weighted by Crippen LogP contribution is -2.33.